The van der Waals surface area contributed by atoms with E-state index in [9.17, 15) is 0 Å². The van der Waals surface area contributed by atoms with Gasteiger partial charge >= 0.3 is 0 Å². The summed E-state index contributed by atoms with van der Waals surface area (Å²) in [6.07, 6.45) is 0. The Morgan fingerprint density at radius 1 is 0.297 bits per heavy atom. The van der Waals surface area contributed by atoms with Gasteiger partial charge in [-0.25, -0.2) is 19.8 Å². The van der Waals surface area contributed by atoms with E-state index in [0.717, 1.165) is 66.4 Å². The summed E-state index contributed by atoms with van der Waals surface area (Å²) in [4.78, 5) is 19.6. The molecule has 11 aromatic rings. The third kappa shape index (κ3) is 6.18. The van der Waals surface area contributed by atoms with E-state index in [0.29, 0.717) is 23.2 Å². The minimum atomic E-state index is 0.557. The van der Waals surface area contributed by atoms with E-state index in [1.54, 1.807) is 0 Å². The molecule has 0 atom stereocenters. The lowest BCUT2D eigenvalue weighted by molar-refractivity contribution is 1.07. The minimum Gasteiger partial charge on any atom is -0.237 e. The van der Waals surface area contributed by atoms with Gasteiger partial charge in [0, 0.05) is 16.7 Å². The van der Waals surface area contributed by atoms with Crippen molar-refractivity contribution in [3.63, 3.8) is 0 Å². The molecule has 296 valence electrons. The van der Waals surface area contributed by atoms with Gasteiger partial charge in [0.15, 0.2) is 23.2 Å². The Morgan fingerprint density at radius 2 is 0.812 bits per heavy atom. The normalized spacial score (nSPS) is 11.4. The van der Waals surface area contributed by atoms with Gasteiger partial charge in [-0.1, -0.05) is 206 Å². The minimum absolute atomic E-state index is 0.557. The zero-order valence-corrected chi connectivity index (χ0v) is 34.6. The molecule has 0 saturated heterocycles. The molecular formula is C60H36N4. The molecule has 64 heavy (non-hydrogen) atoms. The van der Waals surface area contributed by atoms with Crippen LogP contribution in [0.2, 0.25) is 0 Å². The maximum absolute atomic E-state index is 8.49. The average molecular weight is 813 g/mol. The highest BCUT2D eigenvalue weighted by molar-refractivity contribution is 6.18. The second kappa shape index (κ2) is 15.3. The monoisotopic (exact) mass is 812 g/mol. The Balaban J connectivity index is 1.01. The Labute approximate surface area is 371 Å². The first-order chi connectivity index (χ1) is 31.7. The molecule has 0 amide bonds. The highest BCUT2D eigenvalue weighted by Gasteiger charge is 2.24. The molecule has 0 spiro atoms. The van der Waals surface area contributed by atoms with Gasteiger partial charge in [-0.3, -0.25) is 0 Å². The maximum Gasteiger partial charge on any atom is 0.195 e. The Kier molecular flexibility index (Phi) is 8.84. The summed E-state index contributed by atoms with van der Waals surface area (Å²) in [7, 11) is 0. The molecular weight excluding hydrogens is 777 g/mol. The number of hydrogen-bond acceptors (Lipinski definition) is 3. The van der Waals surface area contributed by atoms with Gasteiger partial charge in [-0.15, -0.1) is 0 Å². The van der Waals surface area contributed by atoms with E-state index < -0.39 is 0 Å². The molecule has 0 bridgehead atoms. The number of benzene rings is 10. The highest BCUT2D eigenvalue weighted by Crippen LogP contribution is 2.50. The number of nitrogens with zero attached hydrogens (tertiary/aromatic N) is 4. The van der Waals surface area contributed by atoms with E-state index in [-0.39, 0.29) is 0 Å². The van der Waals surface area contributed by atoms with Gasteiger partial charge in [-0.05, 0) is 100 Å². The third-order valence-electron chi connectivity index (χ3n) is 12.5. The zero-order chi connectivity index (χ0) is 42.6. The highest BCUT2D eigenvalue weighted by atomic mass is 15.0. The third-order valence-corrected chi connectivity index (χ3v) is 12.5. The largest absolute Gasteiger partial charge is 0.237 e. The van der Waals surface area contributed by atoms with E-state index in [1.807, 2.05) is 60.7 Å². The van der Waals surface area contributed by atoms with E-state index >= 15 is 0 Å². The first-order valence-corrected chi connectivity index (χ1v) is 21.5. The SMILES string of the molecule is [C-]#[N+]c1cccc(-c2ccccc2-c2nc(-c3ccccc3)nc(-c3ccc4ccccc4c3)n2)c1-c1ccccc1-c1cccc(-c2ccc3c4c(cccc24)-c2ccccc2-3)c1. The molecule has 0 radical (unpaired) electrons. The molecule has 1 aliphatic rings. The molecule has 0 N–H and O–H groups in total. The molecule has 1 aliphatic carbocycles. The first-order valence-electron chi connectivity index (χ1n) is 21.5. The van der Waals surface area contributed by atoms with Crippen molar-refractivity contribution in [1.82, 2.24) is 15.0 Å². The van der Waals surface area contributed by atoms with Crippen molar-refractivity contribution in [2.24, 2.45) is 0 Å². The molecule has 10 aromatic carbocycles. The molecule has 0 aliphatic heterocycles. The molecule has 4 heteroatoms. The fourth-order valence-corrected chi connectivity index (χ4v) is 9.59. The van der Waals surface area contributed by atoms with Crippen molar-refractivity contribution in [3.8, 4) is 101 Å². The molecule has 0 unspecified atom stereocenters. The maximum atomic E-state index is 8.49. The Hall–Kier alpha value is -8.78. The van der Waals surface area contributed by atoms with Crippen LogP contribution in [0, 0.1) is 6.57 Å². The standard InChI is InChI=1S/C60H36N4/c1-61-55-31-15-30-52(48-25-10-12-27-54(48)60-63-58(39-17-3-2-4-18-39)62-59(64-60)43-33-32-38-16-5-6-19-40(38)36-43)57(55)50-26-11-7-22-44(50)41-20-13-21-42(37-41)45-34-35-53-47-24-9-8-23-46(47)51-29-14-28-49(45)56(51)53/h2-37H. The van der Waals surface area contributed by atoms with Crippen LogP contribution in [0.15, 0.2) is 218 Å². The lowest BCUT2D eigenvalue weighted by Gasteiger charge is -2.19. The summed E-state index contributed by atoms with van der Waals surface area (Å²) in [5, 5.41) is 4.82. The van der Waals surface area contributed by atoms with Crippen molar-refractivity contribution in [2.45, 2.75) is 0 Å². The van der Waals surface area contributed by atoms with Crippen LogP contribution in [0.4, 0.5) is 5.69 Å². The van der Waals surface area contributed by atoms with Crippen LogP contribution < -0.4 is 0 Å². The summed E-state index contributed by atoms with van der Waals surface area (Å²) in [6, 6.07) is 76.2. The van der Waals surface area contributed by atoms with Gasteiger partial charge in [0.25, 0.3) is 0 Å². The lowest BCUT2D eigenvalue weighted by atomic mass is 9.86. The van der Waals surface area contributed by atoms with Gasteiger partial charge in [0.05, 0.1) is 6.57 Å². The van der Waals surface area contributed by atoms with Crippen molar-refractivity contribution in [1.29, 1.82) is 0 Å². The summed E-state index contributed by atoms with van der Waals surface area (Å²) >= 11 is 0. The number of rotatable bonds is 7. The summed E-state index contributed by atoms with van der Waals surface area (Å²) in [5.41, 5.74) is 16.5. The van der Waals surface area contributed by atoms with Crippen LogP contribution in [0.1, 0.15) is 0 Å². The number of fused-ring (bicyclic) bond motifs is 4. The van der Waals surface area contributed by atoms with Crippen molar-refractivity contribution in [3.05, 3.63) is 230 Å². The van der Waals surface area contributed by atoms with E-state index in [4.69, 9.17) is 21.5 Å². The molecule has 1 heterocycles. The van der Waals surface area contributed by atoms with Crippen LogP contribution in [-0.4, -0.2) is 15.0 Å². The lowest BCUT2D eigenvalue weighted by Crippen LogP contribution is -2.01. The quantitative estimate of drug-likeness (QED) is 0.151. The van der Waals surface area contributed by atoms with Crippen molar-refractivity contribution < 1.29 is 0 Å². The van der Waals surface area contributed by atoms with Gasteiger partial charge < -0.3 is 0 Å². The zero-order valence-electron chi connectivity index (χ0n) is 34.6. The Morgan fingerprint density at radius 3 is 1.58 bits per heavy atom. The van der Waals surface area contributed by atoms with E-state index in [1.165, 1.54) is 38.6 Å². The summed E-state index contributed by atoms with van der Waals surface area (Å²) < 4.78 is 0. The fraction of sp³-hybridized carbons (Fsp3) is 0. The van der Waals surface area contributed by atoms with Gasteiger partial charge in [-0.2, -0.15) is 0 Å². The summed E-state index contributed by atoms with van der Waals surface area (Å²) in [6.45, 7) is 8.49. The van der Waals surface area contributed by atoms with Crippen molar-refractivity contribution >= 4 is 27.2 Å². The van der Waals surface area contributed by atoms with Crippen LogP contribution in [0.25, 0.3) is 127 Å². The number of hydrogen-bond donors (Lipinski definition) is 0. The molecule has 4 nitrogen and oxygen atoms in total. The summed E-state index contributed by atoms with van der Waals surface area (Å²) in [5.74, 6) is 1.74. The van der Waals surface area contributed by atoms with Gasteiger partial charge in [0.2, 0.25) is 0 Å². The van der Waals surface area contributed by atoms with Crippen molar-refractivity contribution in [2.75, 3.05) is 0 Å². The molecule has 0 fully saturated rings. The van der Waals surface area contributed by atoms with Crippen LogP contribution >= 0.6 is 0 Å². The second-order valence-corrected chi connectivity index (χ2v) is 16.2. The van der Waals surface area contributed by atoms with Crippen LogP contribution in [-0.2, 0) is 0 Å². The molecule has 12 rings (SSSR count). The first kappa shape index (κ1) is 37.0. The Bertz CT molecular complexity index is 3660. The van der Waals surface area contributed by atoms with E-state index in [2.05, 4.69) is 163 Å². The van der Waals surface area contributed by atoms with Gasteiger partial charge in [0.1, 0.15) is 0 Å². The van der Waals surface area contributed by atoms with Crippen LogP contribution in [0.5, 0.6) is 0 Å². The topological polar surface area (TPSA) is 43.0 Å². The molecule has 1 aromatic heterocycles. The molecule has 0 saturated carbocycles. The smallest absolute Gasteiger partial charge is 0.195 e. The predicted molar refractivity (Wildman–Crippen MR) is 264 cm³/mol. The predicted octanol–water partition coefficient (Wildman–Crippen LogP) is 16.0. The number of aromatic nitrogens is 3. The fourth-order valence-electron chi connectivity index (χ4n) is 9.59. The van der Waals surface area contributed by atoms with Crippen LogP contribution in [0.3, 0.4) is 0 Å². The average Bonchev–Trinajstić information content (AvgIpc) is 3.70. The second-order valence-electron chi connectivity index (χ2n) is 16.2.